The minimum atomic E-state index is -1.82. The molecule has 0 spiro atoms. The Labute approximate surface area is 262 Å². The standard InChI is InChI=1S/C25H30N4O2S.2C2H2O4.H2O/c30-17-16-27-12-14-28(15-13-27)18-23(31)29-10-7-19(8-11-29)24-20-4-1-2-6-22(20)32-25-21(24)5-3-9-26-25;2*3-1(4)2(5)6;/h1-6,9,30H,7-8,10-18H2;2*(H,3,4)(H,5,6);1H2. The van der Waals surface area contributed by atoms with Gasteiger partial charge in [-0.15, -0.1) is 0 Å². The number of hydrogen-bond donors (Lipinski definition) is 5. The molecule has 2 fully saturated rings. The second-order valence-electron chi connectivity index (χ2n) is 9.88. The zero-order valence-electron chi connectivity index (χ0n) is 24.3. The average molecular weight is 649 g/mol. The Hall–Kier alpha value is -4.35. The molecule has 0 saturated carbocycles. The zero-order valence-corrected chi connectivity index (χ0v) is 25.1. The van der Waals surface area contributed by atoms with Gasteiger partial charge >= 0.3 is 23.9 Å². The van der Waals surface area contributed by atoms with E-state index >= 15 is 0 Å². The minimum absolute atomic E-state index is 0. The van der Waals surface area contributed by atoms with Crippen LogP contribution in [0.3, 0.4) is 0 Å². The maximum atomic E-state index is 13.0. The highest BCUT2D eigenvalue weighted by Crippen LogP contribution is 2.46. The molecule has 0 radical (unpaired) electrons. The van der Waals surface area contributed by atoms with Crippen LogP contribution in [0.2, 0.25) is 0 Å². The average Bonchev–Trinajstić information content (AvgIpc) is 3.01. The number of carboxylic acids is 4. The molecule has 3 aliphatic rings. The Bertz CT molecular complexity index is 1300. The van der Waals surface area contributed by atoms with Crippen molar-refractivity contribution >= 4 is 47.1 Å². The number of aliphatic hydroxyl groups is 1. The van der Waals surface area contributed by atoms with Gasteiger partial charge < -0.3 is 35.9 Å². The number of likely N-dealkylation sites (tertiary alicyclic amines) is 1. The lowest BCUT2D eigenvalue weighted by Gasteiger charge is -2.36. The summed E-state index contributed by atoms with van der Waals surface area (Å²) in [5.74, 6) is -7.05. The Balaban J connectivity index is 0.000000464. The Kier molecular flexibility index (Phi) is 14.6. The van der Waals surface area contributed by atoms with Gasteiger partial charge in [0.2, 0.25) is 5.91 Å². The van der Waals surface area contributed by atoms with Crippen molar-refractivity contribution < 1.29 is 55.0 Å². The summed E-state index contributed by atoms with van der Waals surface area (Å²) in [7, 11) is 0. The van der Waals surface area contributed by atoms with E-state index in [9.17, 15) is 4.79 Å². The first-order valence-corrected chi connectivity index (χ1v) is 14.5. The molecule has 0 bridgehead atoms. The quantitative estimate of drug-likeness (QED) is 0.235. The first-order valence-electron chi connectivity index (χ1n) is 13.7. The maximum absolute atomic E-state index is 13.0. The van der Waals surface area contributed by atoms with Gasteiger partial charge in [-0.3, -0.25) is 14.6 Å². The van der Waals surface area contributed by atoms with Crippen molar-refractivity contribution in [3.8, 4) is 0 Å². The van der Waals surface area contributed by atoms with E-state index in [1.807, 2.05) is 17.2 Å². The topological polar surface area (TPSA) is 241 Å². The van der Waals surface area contributed by atoms with Crippen LogP contribution < -0.4 is 0 Å². The van der Waals surface area contributed by atoms with Crippen molar-refractivity contribution in [1.29, 1.82) is 0 Å². The number of piperazine rings is 1. The number of fused-ring (bicyclic) bond motifs is 2. The van der Waals surface area contributed by atoms with Crippen LogP contribution in [0.15, 0.2) is 58.1 Å². The van der Waals surface area contributed by atoms with Gasteiger partial charge in [0.15, 0.2) is 0 Å². The number of carboxylic acid groups (broad SMARTS) is 4. The molecule has 1 aromatic carbocycles. The lowest BCUT2D eigenvalue weighted by atomic mass is 9.88. The van der Waals surface area contributed by atoms with E-state index in [0.29, 0.717) is 6.54 Å². The highest BCUT2D eigenvalue weighted by Gasteiger charge is 2.28. The molecule has 244 valence electrons. The molecule has 5 rings (SSSR count). The first-order chi connectivity index (χ1) is 21.0. The molecule has 0 aliphatic carbocycles. The van der Waals surface area contributed by atoms with Crippen LogP contribution in [0.1, 0.15) is 24.0 Å². The summed E-state index contributed by atoms with van der Waals surface area (Å²) < 4.78 is 0. The lowest BCUT2D eigenvalue weighted by Crippen LogP contribution is -2.51. The number of rotatable bonds is 4. The predicted octanol–water partition coefficient (Wildman–Crippen LogP) is 0.0669. The van der Waals surface area contributed by atoms with Gasteiger partial charge in [0, 0.05) is 62.5 Å². The van der Waals surface area contributed by atoms with E-state index < -0.39 is 23.9 Å². The fourth-order valence-corrected chi connectivity index (χ4v) is 5.96. The van der Waals surface area contributed by atoms with Gasteiger partial charge in [-0.05, 0) is 36.1 Å². The molecular formula is C29H36N4O11S. The summed E-state index contributed by atoms with van der Waals surface area (Å²) in [5, 5.41) is 39.7. The minimum Gasteiger partial charge on any atom is -0.473 e. The third kappa shape index (κ3) is 10.6. The fraction of sp³-hybridized carbons (Fsp3) is 0.379. The molecule has 1 aromatic heterocycles. The molecule has 1 amide bonds. The number of amides is 1. The molecule has 16 heteroatoms. The van der Waals surface area contributed by atoms with Crippen LogP contribution >= 0.6 is 11.8 Å². The predicted molar refractivity (Wildman–Crippen MR) is 161 cm³/mol. The highest BCUT2D eigenvalue weighted by atomic mass is 32.2. The summed E-state index contributed by atoms with van der Waals surface area (Å²) in [6, 6.07) is 12.8. The number of piperidine rings is 1. The second-order valence-corrected chi connectivity index (χ2v) is 10.9. The molecule has 0 atom stereocenters. The first kappa shape index (κ1) is 36.8. The number of β-amino-alcohol motifs (C(OH)–C–C–N with tert-alkyl or cyclic N) is 1. The number of aliphatic carboxylic acids is 4. The van der Waals surface area contributed by atoms with E-state index in [2.05, 4.69) is 45.1 Å². The summed E-state index contributed by atoms with van der Waals surface area (Å²) in [5.41, 5.74) is 5.29. The summed E-state index contributed by atoms with van der Waals surface area (Å²) >= 11 is 1.75. The number of aliphatic hydroxyl groups excluding tert-OH is 1. The highest BCUT2D eigenvalue weighted by molar-refractivity contribution is 7.99. The number of nitrogens with zero attached hydrogens (tertiary/aromatic N) is 4. The van der Waals surface area contributed by atoms with Gasteiger partial charge in [-0.25, -0.2) is 24.2 Å². The Morgan fingerprint density at radius 1 is 0.733 bits per heavy atom. The third-order valence-electron chi connectivity index (χ3n) is 7.08. The van der Waals surface area contributed by atoms with Crippen LogP contribution in [-0.4, -0.2) is 139 Å². The molecule has 15 nitrogen and oxygen atoms in total. The monoisotopic (exact) mass is 648 g/mol. The van der Waals surface area contributed by atoms with E-state index in [-0.39, 0.29) is 18.0 Å². The molecule has 3 aliphatic heterocycles. The number of carbonyl (C=O) groups is 5. The van der Waals surface area contributed by atoms with Crippen LogP contribution in [-0.2, 0) is 24.0 Å². The number of carbonyl (C=O) groups excluding carboxylic acids is 1. The van der Waals surface area contributed by atoms with Crippen molar-refractivity contribution in [2.24, 2.45) is 0 Å². The largest absolute Gasteiger partial charge is 0.473 e. The van der Waals surface area contributed by atoms with Crippen LogP contribution in [0, 0.1) is 0 Å². The fourth-order valence-electron chi connectivity index (χ4n) is 4.93. The van der Waals surface area contributed by atoms with Crippen LogP contribution in [0.4, 0.5) is 0 Å². The van der Waals surface area contributed by atoms with Crippen LogP contribution in [0.25, 0.3) is 5.57 Å². The number of pyridine rings is 1. The third-order valence-corrected chi connectivity index (χ3v) is 8.18. The van der Waals surface area contributed by atoms with E-state index in [4.69, 9.17) is 44.7 Å². The zero-order chi connectivity index (χ0) is 32.2. The van der Waals surface area contributed by atoms with Crippen molar-refractivity contribution in [1.82, 2.24) is 19.7 Å². The van der Waals surface area contributed by atoms with Gasteiger partial charge in [0.05, 0.1) is 13.2 Å². The van der Waals surface area contributed by atoms with Crippen molar-refractivity contribution in [3.63, 3.8) is 0 Å². The van der Waals surface area contributed by atoms with Gasteiger partial charge in [0.1, 0.15) is 5.03 Å². The summed E-state index contributed by atoms with van der Waals surface area (Å²) in [6.07, 6.45) is 3.70. The van der Waals surface area contributed by atoms with Crippen molar-refractivity contribution in [3.05, 3.63) is 59.3 Å². The molecular weight excluding hydrogens is 612 g/mol. The Morgan fingerprint density at radius 2 is 1.27 bits per heavy atom. The van der Waals surface area contributed by atoms with Gasteiger partial charge in [-0.1, -0.05) is 41.6 Å². The van der Waals surface area contributed by atoms with E-state index in [1.54, 1.807) is 11.8 Å². The van der Waals surface area contributed by atoms with Crippen molar-refractivity contribution in [2.45, 2.75) is 22.8 Å². The van der Waals surface area contributed by atoms with Crippen molar-refractivity contribution in [2.75, 3.05) is 59.0 Å². The molecule has 45 heavy (non-hydrogen) atoms. The molecule has 7 N–H and O–H groups in total. The lowest BCUT2D eigenvalue weighted by molar-refractivity contribution is -0.159. The number of aromatic nitrogens is 1. The van der Waals surface area contributed by atoms with Gasteiger partial charge in [-0.2, -0.15) is 0 Å². The smallest absolute Gasteiger partial charge is 0.414 e. The molecule has 2 aromatic rings. The normalized spacial score (nSPS) is 15.9. The molecule has 4 heterocycles. The number of benzene rings is 1. The van der Waals surface area contributed by atoms with Crippen LogP contribution in [0.5, 0.6) is 0 Å². The molecule has 0 unspecified atom stereocenters. The SMILES string of the molecule is O.O=C(CN1CCN(CCO)CC1)N1CCC(=C2c3ccccc3Sc3ncccc32)CC1.O=C(O)C(=O)O.O=C(O)C(=O)O. The number of hydrogen-bond acceptors (Lipinski definition) is 10. The maximum Gasteiger partial charge on any atom is 0.414 e. The Morgan fingerprint density at radius 3 is 1.82 bits per heavy atom. The summed E-state index contributed by atoms with van der Waals surface area (Å²) in [6.45, 7) is 6.65. The second kappa shape index (κ2) is 17.8. The molecule has 2 saturated heterocycles. The van der Waals surface area contributed by atoms with E-state index in [0.717, 1.165) is 63.7 Å². The summed E-state index contributed by atoms with van der Waals surface area (Å²) in [4.78, 5) is 61.8. The van der Waals surface area contributed by atoms with Gasteiger partial charge in [0.25, 0.3) is 0 Å². The van der Waals surface area contributed by atoms with E-state index in [1.165, 1.54) is 27.2 Å².